The molecular weight excluding hydrogens is 697 g/mol. The number of nitrogens with zero attached hydrogens (tertiary/aromatic N) is 3. The largest absolute Gasteiger partial charge is 0.490 e. The topological polar surface area (TPSA) is 203 Å². The third-order valence-corrected chi connectivity index (χ3v) is 10.5. The maximum atomic E-state index is 13.8. The van der Waals surface area contributed by atoms with Gasteiger partial charge in [-0.15, -0.1) is 0 Å². The fourth-order valence-corrected chi connectivity index (χ4v) is 7.44. The smallest absolute Gasteiger partial charge is 0.405 e. The minimum Gasteiger partial charge on any atom is -0.490 e. The summed E-state index contributed by atoms with van der Waals surface area (Å²) in [4.78, 5) is 23.0. The van der Waals surface area contributed by atoms with E-state index in [9.17, 15) is 19.6 Å². The molecule has 5 aromatic rings. The first kappa shape index (κ1) is 35.4. The number of rotatable bonds is 16. The molecule has 1 fully saturated rings. The Morgan fingerprint density at radius 3 is 2.76 bits per heavy atom. The van der Waals surface area contributed by atoms with E-state index in [1.54, 1.807) is 28.8 Å². The van der Waals surface area contributed by atoms with Crippen molar-refractivity contribution in [2.24, 2.45) is 0 Å². The maximum Gasteiger partial charge on any atom is 0.405 e. The van der Waals surface area contributed by atoms with E-state index in [0.717, 1.165) is 16.5 Å². The Morgan fingerprint density at radius 1 is 1.16 bits per heavy atom. The molecular formula is C31H38ClN7O8PS+. The van der Waals surface area contributed by atoms with E-state index in [0.29, 0.717) is 22.9 Å². The van der Waals surface area contributed by atoms with Crippen LogP contribution in [-0.2, 0) is 31.3 Å². The molecule has 2 aromatic carbocycles. The average molecular weight is 735 g/mol. The van der Waals surface area contributed by atoms with Gasteiger partial charge >= 0.3 is 13.4 Å². The minimum absolute atomic E-state index is 0.121. The number of hydrogen-bond donors (Lipinski definition) is 6. The Bertz CT molecular complexity index is 1990. The number of aliphatic hydroxyl groups is 2. The Labute approximate surface area is 290 Å². The molecule has 262 valence electrons. The Morgan fingerprint density at radius 2 is 1.96 bits per heavy atom. The van der Waals surface area contributed by atoms with Crippen molar-refractivity contribution in [2.75, 3.05) is 44.1 Å². The molecule has 1 saturated heterocycles. The highest BCUT2D eigenvalue weighted by Crippen LogP contribution is 2.44. The molecule has 7 N–H and O–H groups in total. The third kappa shape index (κ3) is 8.14. The van der Waals surface area contributed by atoms with Crippen LogP contribution in [-0.4, -0.2) is 86.4 Å². The van der Waals surface area contributed by atoms with Crippen LogP contribution in [0.2, 0.25) is 5.02 Å². The van der Waals surface area contributed by atoms with Gasteiger partial charge in [-0.3, -0.25) is 23.4 Å². The van der Waals surface area contributed by atoms with E-state index in [-0.39, 0.29) is 50.0 Å². The molecule has 3 aromatic heterocycles. The molecule has 0 amide bonds. The first-order valence-electron chi connectivity index (χ1n) is 15.5. The molecule has 0 spiro atoms. The summed E-state index contributed by atoms with van der Waals surface area (Å²) in [6.45, 7) is 0.490. The quantitative estimate of drug-likeness (QED) is 0.0493. The number of thioether (sulfide) groups is 1. The monoisotopic (exact) mass is 734 g/mol. The number of para-hydroxylation sites is 1. The van der Waals surface area contributed by atoms with Crippen LogP contribution in [0.3, 0.4) is 0 Å². The number of halogens is 1. The highest BCUT2D eigenvalue weighted by molar-refractivity contribution is 7.98. The normalized spacial score (nSPS) is 20.7. The average Bonchev–Trinajstić information content (AvgIpc) is 3.75. The summed E-state index contributed by atoms with van der Waals surface area (Å²) in [6, 6.07) is 14.8. The van der Waals surface area contributed by atoms with Crippen molar-refractivity contribution in [3.8, 4) is 5.75 Å². The summed E-state index contributed by atoms with van der Waals surface area (Å²) in [5, 5.41) is 26.7. The zero-order valence-corrected chi connectivity index (χ0v) is 29.0. The number of aromatic amines is 2. The van der Waals surface area contributed by atoms with Gasteiger partial charge in [0.2, 0.25) is 11.7 Å². The van der Waals surface area contributed by atoms with Gasteiger partial charge in [-0.2, -0.15) is 11.8 Å². The lowest BCUT2D eigenvalue weighted by atomic mass is 10.1. The van der Waals surface area contributed by atoms with Crippen LogP contribution in [0.4, 0.5) is 5.95 Å². The predicted molar refractivity (Wildman–Crippen MR) is 186 cm³/mol. The van der Waals surface area contributed by atoms with Crippen LogP contribution < -0.4 is 25.7 Å². The molecule has 0 radical (unpaired) electrons. The second-order valence-electron chi connectivity index (χ2n) is 11.3. The van der Waals surface area contributed by atoms with Crippen molar-refractivity contribution in [1.29, 1.82) is 0 Å². The van der Waals surface area contributed by atoms with Gasteiger partial charge in [0.25, 0.3) is 11.5 Å². The molecule has 0 bridgehead atoms. The number of hydrogen-bond acceptors (Lipinski definition) is 11. The van der Waals surface area contributed by atoms with E-state index < -0.39 is 37.8 Å². The number of fused-ring (bicyclic) bond motifs is 2. The molecule has 1 unspecified atom stereocenters. The number of aliphatic hydroxyl groups excluding tert-OH is 2. The maximum absolute atomic E-state index is 13.8. The standard InChI is InChI=1S/C31H37ClN7O8PS/c1-49-15-14-45-48(43,35-11-10-19-16-34-23-5-3-2-4-22(19)23)46-17-24-26(40)27(41)30(47-24)39-18-38(25-28(39)36-31(33)37-29(25)42)12-13-44-21-8-6-20(32)7-9-21/h2-9,16,18,24,26-27,30,34,40-41H,10-15,17H2,1H3,(H3-,33,35,36,37,42,43)/p+1/t24-,26-,27-,30-,48?/m1/s1. The van der Waals surface area contributed by atoms with Crippen molar-refractivity contribution in [1.82, 2.24) is 24.6 Å². The van der Waals surface area contributed by atoms with Crippen LogP contribution >= 0.6 is 31.1 Å². The SMILES string of the molecule is CSCCOP(=O)(NCCc1c[nH]c2ccccc12)OC[C@H]1O[C@@H]([n+]2cn(CCOc3ccc(Cl)cc3)c3c(=O)[nH]c(N)nc32)[C@H](O)[C@@H]1O. The molecule has 0 aliphatic carbocycles. The van der Waals surface area contributed by atoms with Crippen LogP contribution in [0.25, 0.3) is 22.1 Å². The number of nitrogen functional groups attached to an aromatic ring is 1. The van der Waals surface area contributed by atoms with Crippen molar-refractivity contribution < 1.29 is 37.9 Å². The van der Waals surface area contributed by atoms with Gasteiger partial charge < -0.3 is 30.4 Å². The number of ether oxygens (including phenoxy) is 2. The van der Waals surface area contributed by atoms with Crippen molar-refractivity contribution in [3.63, 3.8) is 0 Å². The van der Waals surface area contributed by atoms with Crippen LogP contribution in [0.1, 0.15) is 11.8 Å². The number of nitrogens with one attached hydrogen (secondary N) is 3. The summed E-state index contributed by atoms with van der Waals surface area (Å²) >= 11 is 7.48. The molecule has 15 nitrogen and oxygen atoms in total. The molecule has 0 saturated carbocycles. The van der Waals surface area contributed by atoms with Crippen molar-refractivity contribution >= 4 is 59.1 Å². The minimum atomic E-state index is -3.86. The summed E-state index contributed by atoms with van der Waals surface area (Å²) in [5.74, 6) is 1.03. The molecule has 1 aliphatic rings. The molecule has 49 heavy (non-hydrogen) atoms. The number of aromatic nitrogens is 5. The van der Waals surface area contributed by atoms with E-state index in [2.05, 4.69) is 20.0 Å². The second-order valence-corrected chi connectivity index (χ2v) is 14.6. The number of H-pyrrole nitrogens is 2. The van der Waals surface area contributed by atoms with Gasteiger partial charge in [-0.25, -0.2) is 14.2 Å². The fraction of sp³-hybridized carbons (Fsp3) is 0.387. The van der Waals surface area contributed by atoms with Gasteiger partial charge in [0.15, 0.2) is 6.33 Å². The number of nitrogens with two attached hydrogens (primary N) is 1. The summed E-state index contributed by atoms with van der Waals surface area (Å²) in [5.41, 5.74) is 7.68. The first-order chi connectivity index (χ1) is 23.7. The zero-order valence-electron chi connectivity index (χ0n) is 26.5. The Balaban J connectivity index is 1.15. The first-order valence-corrected chi connectivity index (χ1v) is 18.8. The van der Waals surface area contributed by atoms with Crippen molar-refractivity contribution in [2.45, 2.75) is 37.5 Å². The van der Waals surface area contributed by atoms with E-state index in [4.69, 9.17) is 35.9 Å². The van der Waals surface area contributed by atoms with E-state index in [1.165, 1.54) is 22.7 Å². The number of benzene rings is 2. The lowest BCUT2D eigenvalue weighted by molar-refractivity contribution is -0.746. The lowest BCUT2D eigenvalue weighted by Crippen LogP contribution is -2.46. The molecule has 18 heteroatoms. The van der Waals surface area contributed by atoms with E-state index >= 15 is 0 Å². The van der Waals surface area contributed by atoms with Crippen molar-refractivity contribution in [3.05, 3.63) is 82.0 Å². The highest BCUT2D eigenvalue weighted by atomic mass is 35.5. The van der Waals surface area contributed by atoms with Gasteiger partial charge in [0, 0.05) is 34.4 Å². The summed E-state index contributed by atoms with van der Waals surface area (Å²) in [6.07, 6.45) is 0.704. The number of anilines is 1. The van der Waals surface area contributed by atoms with E-state index in [1.807, 2.05) is 36.7 Å². The molecule has 5 atom stereocenters. The lowest BCUT2D eigenvalue weighted by Gasteiger charge is -2.22. The summed E-state index contributed by atoms with van der Waals surface area (Å²) < 4.78 is 40.1. The second kappa shape index (κ2) is 15.6. The van der Waals surface area contributed by atoms with Crippen LogP contribution in [0.15, 0.2) is 65.8 Å². The third-order valence-electron chi connectivity index (χ3n) is 8.05. The molecule has 1 aliphatic heterocycles. The Kier molecular flexibility index (Phi) is 11.3. The summed E-state index contributed by atoms with van der Waals surface area (Å²) in [7, 11) is -3.86. The highest BCUT2D eigenvalue weighted by Gasteiger charge is 2.48. The van der Waals surface area contributed by atoms with Gasteiger partial charge in [-0.1, -0.05) is 34.8 Å². The fourth-order valence-electron chi connectivity index (χ4n) is 5.63. The van der Waals surface area contributed by atoms with Crippen LogP contribution in [0, 0.1) is 0 Å². The van der Waals surface area contributed by atoms with Gasteiger partial charge in [0.05, 0.1) is 13.2 Å². The molecule has 6 rings (SSSR count). The van der Waals surface area contributed by atoms with Crippen LogP contribution in [0.5, 0.6) is 5.75 Å². The Hall–Kier alpha value is -3.44. The molecule has 4 heterocycles. The zero-order chi connectivity index (χ0) is 34.5. The van der Waals surface area contributed by atoms with Gasteiger partial charge in [-0.05, 0) is 48.6 Å². The predicted octanol–water partition coefficient (Wildman–Crippen LogP) is 2.76. The van der Waals surface area contributed by atoms with Gasteiger partial charge in [0.1, 0.15) is 37.2 Å². The number of imidazole rings is 1.